The van der Waals surface area contributed by atoms with E-state index in [-0.39, 0.29) is 6.61 Å². The Morgan fingerprint density at radius 2 is 2.00 bits per heavy atom. The molecule has 0 bridgehead atoms. The van der Waals surface area contributed by atoms with Gasteiger partial charge in [0, 0.05) is 0 Å². The van der Waals surface area contributed by atoms with Crippen molar-refractivity contribution in [3.63, 3.8) is 0 Å². The third kappa shape index (κ3) is 4.97. The van der Waals surface area contributed by atoms with E-state index in [9.17, 15) is 4.39 Å². The summed E-state index contributed by atoms with van der Waals surface area (Å²) in [6.07, 6.45) is 2.53. The maximum atomic E-state index is 11.8. The highest BCUT2D eigenvalue weighted by Crippen LogP contribution is 1.97. The molecule has 0 rings (SSSR count). The molecule has 50 valence electrons. The zero-order chi connectivity index (χ0) is 7.28. The van der Waals surface area contributed by atoms with Crippen molar-refractivity contribution < 1.29 is 9.50 Å². The van der Waals surface area contributed by atoms with Crippen LogP contribution in [0.5, 0.6) is 0 Å². The van der Waals surface area contributed by atoms with Gasteiger partial charge in [-0.2, -0.15) is 0 Å². The molecular formula is C7H9FO. The van der Waals surface area contributed by atoms with E-state index in [2.05, 4.69) is 13.2 Å². The van der Waals surface area contributed by atoms with E-state index in [1.165, 1.54) is 6.08 Å². The molecule has 1 nitrogen and oxygen atoms in total. The highest BCUT2D eigenvalue weighted by molar-refractivity contribution is 5.20. The number of halogens is 1. The number of hydrogen-bond acceptors (Lipinski definition) is 1. The van der Waals surface area contributed by atoms with Gasteiger partial charge in [-0.1, -0.05) is 19.2 Å². The highest BCUT2D eigenvalue weighted by Gasteiger charge is 1.82. The summed E-state index contributed by atoms with van der Waals surface area (Å²) in [5.41, 5.74) is 0.466. The van der Waals surface area contributed by atoms with Gasteiger partial charge in [0.25, 0.3) is 0 Å². The largest absolute Gasteiger partial charge is 0.392 e. The molecule has 0 spiro atoms. The number of allylic oxidation sites excluding steroid dienone is 2. The van der Waals surface area contributed by atoms with Gasteiger partial charge in [-0.3, -0.25) is 0 Å². The van der Waals surface area contributed by atoms with Crippen LogP contribution >= 0.6 is 0 Å². The lowest BCUT2D eigenvalue weighted by molar-refractivity contribution is 0.335. The molecule has 9 heavy (non-hydrogen) atoms. The van der Waals surface area contributed by atoms with Gasteiger partial charge in [-0.05, 0) is 11.6 Å². The van der Waals surface area contributed by atoms with Crippen LogP contribution in [0.2, 0.25) is 0 Å². The Morgan fingerprint density at radius 1 is 1.44 bits per heavy atom. The maximum Gasteiger partial charge on any atom is 0.116 e. The van der Waals surface area contributed by atoms with E-state index in [4.69, 9.17) is 5.11 Å². The molecule has 0 radical (unpaired) electrons. The smallest absolute Gasteiger partial charge is 0.116 e. The Labute approximate surface area is 53.8 Å². The molecule has 0 saturated heterocycles. The van der Waals surface area contributed by atoms with Crippen molar-refractivity contribution in [3.8, 4) is 0 Å². The summed E-state index contributed by atoms with van der Waals surface area (Å²) < 4.78 is 11.8. The fourth-order valence-corrected chi connectivity index (χ4v) is 0.261. The molecule has 0 amide bonds. The molecule has 0 aliphatic rings. The summed E-state index contributed by atoms with van der Waals surface area (Å²) in [6.45, 7) is 6.24. The molecule has 2 heteroatoms. The Balaban J connectivity index is 3.71. The highest BCUT2D eigenvalue weighted by atomic mass is 19.1. The second-order valence-electron chi connectivity index (χ2n) is 1.60. The van der Waals surface area contributed by atoms with E-state index in [0.29, 0.717) is 5.57 Å². The number of aliphatic hydroxyl groups is 1. The van der Waals surface area contributed by atoms with Gasteiger partial charge < -0.3 is 5.11 Å². The average Bonchev–Trinajstić information content (AvgIpc) is 1.83. The van der Waals surface area contributed by atoms with Gasteiger partial charge in [-0.25, -0.2) is 4.39 Å². The molecule has 0 fully saturated rings. The minimum atomic E-state index is -0.537. The van der Waals surface area contributed by atoms with Crippen LogP contribution in [0.15, 0.2) is 36.7 Å². The van der Waals surface area contributed by atoms with Crippen LogP contribution in [0, 0.1) is 0 Å². The van der Waals surface area contributed by atoms with E-state index < -0.39 is 5.83 Å². The second-order valence-corrected chi connectivity index (χ2v) is 1.60. The molecule has 0 atom stereocenters. The summed E-state index contributed by atoms with van der Waals surface area (Å²) in [5, 5.41) is 8.34. The van der Waals surface area contributed by atoms with E-state index in [1.807, 2.05) is 0 Å². The molecule has 0 aromatic heterocycles. The molecule has 0 aliphatic carbocycles. The zero-order valence-electron chi connectivity index (χ0n) is 5.10. The van der Waals surface area contributed by atoms with Crippen LogP contribution < -0.4 is 0 Å². The van der Waals surface area contributed by atoms with Crippen molar-refractivity contribution in [2.75, 3.05) is 6.61 Å². The fraction of sp³-hybridized carbons (Fsp3) is 0.143. The normalized spacial score (nSPS) is 10.0. The third-order valence-electron chi connectivity index (χ3n) is 0.703. The van der Waals surface area contributed by atoms with Crippen molar-refractivity contribution in [1.82, 2.24) is 0 Å². The number of rotatable bonds is 3. The Hall–Kier alpha value is -0.890. The lowest BCUT2D eigenvalue weighted by Crippen LogP contribution is -1.81. The van der Waals surface area contributed by atoms with Gasteiger partial charge in [-0.15, -0.1) is 0 Å². The van der Waals surface area contributed by atoms with Crippen molar-refractivity contribution in [3.05, 3.63) is 36.7 Å². The molecular weight excluding hydrogens is 119 g/mol. The quantitative estimate of drug-likeness (QED) is 0.572. The minimum absolute atomic E-state index is 0.149. The molecule has 0 unspecified atom stereocenters. The Kier molecular flexibility index (Phi) is 3.64. The Morgan fingerprint density at radius 3 is 2.33 bits per heavy atom. The van der Waals surface area contributed by atoms with Crippen molar-refractivity contribution in [2.24, 2.45) is 0 Å². The fourth-order valence-electron chi connectivity index (χ4n) is 0.261. The van der Waals surface area contributed by atoms with Crippen LogP contribution in [0.4, 0.5) is 4.39 Å². The van der Waals surface area contributed by atoms with Crippen molar-refractivity contribution >= 4 is 0 Å². The first-order valence-corrected chi connectivity index (χ1v) is 2.48. The summed E-state index contributed by atoms with van der Waals surface area (Å²) in [4.78, 5) is 0. The average molecular weight is 128 g/mol. The monoisotopic (exact) mass is 128 g/mol. The predicted molar refractivity (Wildman–Crippen MR) is 35.6 cm³/mol. The topological polar surface area (TPSA) is 20.2 Å². The van der Waals surface area contributed by atoms with Gasteiger partial charge in [0.15, 0.2) is 0 Å². The third-order valence-corrected chi connectivity index (χ3v) is 0.703. The molecule has 0 saturated carbocycles. The lowest BCUT2D eigenvalue weighted by atomic mass is 10.3. The van der Waals surface area contributed by atoms with E-state index in [1.54, 1.807) is 0 Å². The summed E-state index contributed by atoms with van der Waals surface area (Å²) in [7, 11) is 0. The molecule has 0 aromatic rings. The standard InChI is InChI=1S/C7H9FO/c1-6(5-9)3-4-7(2)8/h3-4,9H,1-2,5H2/b4-3-. The molecule has 0 aliphatic heterocycles. The van der Waals surface area contributed by atoms with E-state index >= 15 is 0 Å². The summed E-state index contributed by atoms with van der Waals surface area (Å²) in [5.74, 6) is -0.537. The maximum absolute atomic E-state index is 11.8. The minimum Gasteiger partial charge on any atom is -0.392 e. The summed E-state index contributed by atoms with van der Waals surface area (Å²) in [6, 6.07) is 0. The van der Waals surface area contributed by atoms with Crippen LogP contribution in [-0.2, 0) is 0 Å². The van der Waals surface area contributed by atoms with Crippen LogP contribution in [-0.4, -0.2) is 11.7 Å². The van der Waals surface area contributed by atoms with Crippen molar-refractivity contribution in [2.45, 2.75) is 0 Å². The SMILES string of the molecule is C=C(F)/C=C\C(=C)CO. The second kappa shape index (κ2) is 4.04. The van der Waals surface area contributed by atoms with Gasteiger partial charge in [0.05, 0.1) is 6.61 Å². The van der Waals surface area contributed by atoms with Gasteiger partial charge >= 0.3 is 0 Å². The van der Waals surface area contributed by atoms with Crippen LogP contribution in [0.25, 0.3) is 0 Å². The summed E-state index contributed by atoms with van der Waals surface area (Å²) >= 11 is 0. The molecule has 0 heterocycles. The van der Waals surface area contributed by atoms with Gasteiger partial charge in [0.2, 0.25) is 0 Å². The van der Waals surface area contributed by atoms with Crippen LogP contribution in [0.3, 0.4) is 0 Å². The van der Waals surface area contributed by atoms with Crippen molar-refractivity contribution in [1.29, 1.82) is 0 Å². The lowest BCUT2D eigenvalue weighted by Gasteiger charge is -1.87. The first-order valence-electron chi connectivity index (χ1n) is 2.48. The number of aliphatic hydroxyl groups excluding tert-OH is 1. The molecule has 0 aromatic carbocycles. The van der Waals surface area contributed by atoms with E-state index in [0.717, 1.165) is 6.08 Å². The predicted octanol–water partition coefficient (Wildman–Crippen LogP) is 1.57. The van der Waals surface area contributed by atoms with Gasteiger partial charge in [0.1, 0.15) is 5.83 Å². The van der Waals surface area contributed by atoms with Crippen LogP contribution in [0.1, 0.15) is 0 Å². The zero-order valence-corrected chi connectivity index (χ0v) is 5.10. The first kappa shape index (κ1) is 8.11. The number of hydrogen-bond donors (Lipinski definition) is 1. The Bertz CT molecular complexity index is 147. The first-order chi connectivity index (χ1) is 4.16. The molecule has 1 N–H and O–H groups in total.